The second-order valence-corrected chi connectivity index (χ2v) is 8.01. The molecule has 3 atom stereocenters. The summed E-state index contributed by atoms with van der Waals surface area (Å²) >= 11 is 4.09. The predicted octanol–water partition coefficient (Wildman–Crippen LogP) is 1.59. The molecule has 0 spiro atoms. The van der Waals surface area contributed by atoms with Crippen LogP contribution in [0.4, 0.5) is 0 Å². The second kappa shape index (κ2) is 13.3. The maximum Gasteiger partial charge on any atom is 0.347 e. The summed E-state index contributed by atoms with van der Waals surface area (Å²) in [6.07, 6.45) is 1.97. The molecule has 0 saturated carbocycles. The highest BCUT2D eigenvalue weighted by atomic mass is 32.1. The fourth-order valence-corrected chi connectivity index (χ4v) is 2.63. The van der Waals surface area contributed by atoms with Gasteiger partial charge in [0, 0.05) is 31.4 Å². The van der Waals surface area contributed by atoms with Gasteiger partial charge in [-0.05, 0) is 24.7 Å². The fourth-order valence-electron chi connectivity index (χ4n) is 2.50. The summed E-state index contributed by atoms with van der Waals surface area (Å²) in [5.41, 5.74) is 3.76. The topological polar surface area (TPSA) is 125 Å². The number of hydrogen-bond donors (Lipinski definition) is 5. The standard InChI is InChI=1S/C18H37N3O5S/c1-5-14(4)7-11-26-21(16(23)12-13(2)3)18(8-10-22,17(24)25)20-9-6-15(19)27/h13-15,20,22,27H,5-12,19H2,1-4H3,(H,24,25)/t14-,15?,18?/m0/s1. The van der Waals surface area contributed by atoms with E-state index in [2.05, 4.69) is 31.8 Å². The third kappa shape index (κ3) is 9.25. The predicted molar refractivity (Wildman–Crippen MR) is 108 cm³/mol. The van der Waals surface area contributed by atoms with Crippen LogP contribution in [0.25, 0.3) is 0 Å². The number of nitrogens with two attached hydrogens (primary N) is 1. The molecule has 9 heteroatoms. The second-order valence-electron chi connectivity index (χ2n) is 7.34. The van der Waals surface area contributed by atoms with Crippen molar-refractivity contribution in [3.63, 3.8) is 0 Å². The van der Waals surface area contributed by atoms with Crippen molar-refractivity contribution in [3.8, 4) is 0 Å². The lowest BCUT2D eigenvalue weighted by atomic mass is 10.0. The van der Waals surface area contributed by atoms with E-state index in [-0.39, 0.29) is 31.9 Å². The Hall–Kier alpha value is -0.870. The molecule has 2 unspecified atom stereocenters. The number of carboxylic acid groups (broad SMARTS) is 1. The molecule has 8 nitrogen and oxygen atoms in total. The van der Waals surface area contributed by atoms with Gasteiger partial charge in [-0.1, -0.05) is 34.1 Å². The highest BCUT2D eigenvalue weighted by Crippen LogP contribution is 2.22. The molecule has 27 heavy (non-hydrogen) atoms. The number of aliphatic hydroxyl groups excluding tert-OH is 1. The highest BCUT2D eigenvalue weighted by Gasteiger charge is 2.47. The van der Waals surface area contributed by atoms with Crippen LogP contribution < -0.4 is 11.1 Å². The third-order valence-corrected chi connectivity index (χ3v) is 4.63. The Kier molecular flexibility index (Phi) is 12.9. The Bertz CT molecular complexity index is 451. The van der Waals surface area contributed by atoms with Crippen LogP contribution in [-0.2, 0) is 14.4 Å². The minimum atomic E-state index is -1.86. The van der Waals surface area contributed by atoms with Crippen LogP contribution >= 0.6 is 12.6 Å². The Morgan fingerprint density at radius 1 is 1.30 bits per heavy atom. The summed E-state index contributed by atoms with van der Waals surface area (Å²) in [6, 6.07) is 0. The molecule has 0 aromatic heterocycles. The Morgan fingerprint density at radius 3 is 2.37 bits per heavy atom. The number of carbonyl (C=O) groups is 2. The van der Waals surface area contributed by atoms with Crippen molar-refractivity contribution in [1.29, 1.82) is 0 Å². The van der Waals surface area contributed by atoms with Gasteiger partial charge in [-0.15, -0.1) is 0 Å². The number of nitrogens with zero attached hydrogens (tertiary/aromatic N) is 1. The van der Waals surface area contributed by atoms with Gasteiger partial charge in [0.15, 0.2) is 0 Å². The average Bonchev–Trinajstić information content (AvgIpc) is 2.56. The fraction of sp³-hybridized carbons (Fsp3) is 0.889. The smallest absolute Gasteiger partial charge is 0.347 e. The lowest BCUT2D eigenvalue weighted by Crippen LogP contribution is -2.66. The molecule has 0 saturated heterocycles. The summed E-state index contributed by atoms with van der Waals surface area (Å²) in [5, 5.41) is 22.8. The van der Waals surface area contributed by atoms with Gasteiger partial charge in [-0.3, -0.25) is 14.9 Å². The van der Waals surface area contributed by atoms with E-state index >= 15 is 0 Å². The van der Waals surface area contributed by atoms with E-state index in [9.17, 15) is 19.8 Å². The first-order valence-electron chi connectivity index (χ1n) is 9.59. The number of hydrogen-bond acceptors (Lipinski definition) is 7. The van der Waals surface area contributed by atoms with Crippen LogP contribution in [0, 0.1) is 11.8 Å². The molecule has 160 valence electrons. The van der Waals surface area contributed by atoms with Gasteiger partial charge in [0.2, 0.25) is 11.6 Å². The van der Waals surface area contributed by atoms with Crippen molar-refractivity contribution in [1.82, 2.24) is 10.4 Å². The van der Waals surface area contributed by atoms with Crippen LogP contribution in [0.3, 0.4) is 0 Å². The van der Waals surface area contributed by atoms with Gasteiger partial charge in [-0.2, -0.15) is 17.7 Å². The number of carboxylic acids is 1. The molecule has 0 heterocycles. The first kappa shape index (κ1) is 26.1. The molecule has 0 aliphatic heterocycles. The van der Waals surface area contributed by atoms with Gasteiger partial charge >= 0.3 is 5.97 Å². The zero-order valence-electron chi connectivity index (χ0n) is 17.0. The van der Waals surface area contributed by atoms with E-state index in [1.807, 2.05) is 13.8 Å². The number of nitrogens with one attached hydrogen (secondary N) is 1. The monoisotopic (exact) mass is 407 g/mol. The minimum Gasteiger partial charge on any atom is -0.478 e. The molecule has 0 bridgehead atoms. The maximum absolute atomic E-state index is 12.8. The molecule has 0 fully saturated rings. The van der Waals surface area contributed by atoms with Gasteiger partial charge < -0.3 is 15.9 Å². The summed E-state index contributed by atoms with van der Waals surface area (Å²) in [5.74, 6) is -1.30. The Labute approximate surface area is 168 Å². The highest BCUT2D eigenvalue weighted by molar-refractivity contribution is 7.80. The zero-order chi connectivity index (χ0) is 21.0. The van der Waals surface area contributed by atoms with E-state index in [1.54, 1.807) is 0 Å². The van der Waals surface area contributed by atoms with Gasteiger partial charge in [0.25, 0.3) is 0 Å². The van der Waals surface area contributed by atoms with Crippen molar-refractivity contribution in [2.45, 2.75) is 70.8 Å². The summed E-state index contributed by atoms with van der Waals surface area (Å²) in [4.78, 5) is 30.7. The first-order valence-corrected chi connectivity index (χ1v) is 10.1. The summed E-state index contributed by atoms with van der Waals surface area (Å²) in [7, 11) is 0. The molecule has 0 radical (unpaired) electrons. The number of thiol groups is 1. The summed E-state index contributed by atoms with van der Waals surface area (Å²) in [6.45, 7) is 7.86. The van der Waals surface area contributed by atoms with Crippen LogP contribution in [0.1, 0.15) is 59.8 Å². The third-order valence-electron chi connectivity index (χ3n) is 4.37. The lowest BCUT2D eigenvalue weighted by Gasteiger charge is -2.40. The van der Waals surface area contributed by atoms with Crippen LogP contribution in [-0.4, -0.2) is 57.9 Å². The number of hydroxylamine groups is 2. The number of aliphatic hydroxyl groups is 1. The van der Waals surface area contributed by atoms with Crippen molar-refractivity contribution < 1.29 is 24.6 Å². The van der Waals surface area contributed by atoms with Crippen LogP contribution in [0.5, 0.6) is 0 Å². The van der Waals surface area contributed by atoms with Crippen LogP contribution in [0.15, 0.2) is 0 Å². The molecule has 0 aromatic carbocycles. The summed E-state index contributed by atoms with van der Waals surface area (Å²) < 4.78 is 0. The normalized spacial score (nSPS) is 16.0. The average molecular weight is 408 g/mol. The number of rotatable bonds is 15. The van der Waals surface area contributed by atoms with Crippen molar-refractivity contribution in [2.24, 2.45) is 17.6 Å². The van der Waals surface area contributed by atoms with Gasteiger partial charge in [-0.25, -0.2) is 4.79 Å². The number of aliphatic carboxylic acids is 1. The quantitative estimate of drug-likeness (QED) is 0.159. The number of amides is 1. The molecule has 5 N–H and O–H groups in total. The lowest BCUT2D eigenvalue weighted by molar-refractivity contribution is -0.238. The number of carbonyl (C=O) groups excluding carboxylic acids is 1. The van der Waals surface area contributed by atoms with E-state index in [0.29, 0.717) is 18.8 Å². The van der Waals surface area contributed by atoms with E-state index < -0.39 is 29.5 Å². The van der Waals surface area contributed by atoms with E-state index in [1.165, 1.54) is 0 Å². The molecular formula is C18H37N3O5S. The SMILES string of the molecule is CC[C@H](C)CCON(C(=O)CC(C)C)C(CCO)(NCCC(N)S)C(=O)O. The van der Waals surface area contributed by atoms with E-state index in [0.717, 1.165) is 11.5 Å². The Balaban J connectivity index is 5.61. The van der Waals surface area contributed by atoms with Crippen LogP contribution in [0.2, 0.25) is 0 Å². The molecular weight excluding hydrogens is 370 g/mol. The molecule has 0 rings (SSSR count). The maximum atomic E-state index is 12.8. The van der Waals surface area contributed by atoms with Crippen molar-refractivity contribution in [3.05, 3.63) is 0 Å². The molecule has 0 aliphatic rings. The molecule has 0 aliphatic carbocycles. The molecule has 1 amide bonds. The minimum absolute atomic E-state index is 0.0321. The van der Waals surface area contributed by atoms with Gasteiger partial charge in [0.05, 0.1) is 6.61 Å². The van der Waals surface area contributed by atoms with Crippen molar-refractivity contribution >= 4 is 24.5 Å². The largest absolute Gasteiger partial charge is 0.478 e. The Morgan fingerprint density at radius 2 is 1.93 bits per heavy atom. The van der Waals surface area contributed by atoms with Crippen molar-refractivity contribution in [2.75, 3.05) is 19.8 Å². The zero-order valence-corrected chi connectivity index (χ0v) is 17.9. The first-order chi connectivity index (χ1) is 12.6. The molecule has 0 aromatic rings. The van der Waals surface area contributed by atoms with Gasteiger partial charge in [0.1, 0.15) is 0 Å². The van der Waals surface area contributed by atoms with E-state index in [4.69, 9.17) is 10.6 Å².